The van der Waals surface area contributed by atoms with Gasteiger partial charge in [-0.15, -0.1) is 5.10 Å². The van der Waals surface area contributed by atoms with Crippen molar-refractivity contribution in [2.75, 3.05) is 19.0 Å². The summed E-state index contributed by atoms with van der Waals surface area (Å²) in [5, 5.41) is 16.3. The predicted molar refractivity (Wildman–Crippen MR) is 117 cm³/mol. The molecule has 1 saturated carbocycles. The van der Waals surface area contributed by atoms with Crippen LogP contribution in [0.5, 0.6) is 0 Å². The van der Waals surface area contributed by atoms with Crippen molar-refractivity contribution >= 4 is 17.1 Å². The van der Waals surface area contributed by atoms with E-state index in [0.717, 1.165) is 42.6 Å². The van der Waals surface area contributed by atoms with E-state index in [9.17, 15) is 0 Å². The summed E-state index contributed by atoms with van der Waals surface area (Å²) < 4.78 is 8.71. The Balaban J connectivity index is 1.37. The molecule has 5 rings (SSSR count). The SMILES string of the molecule is COCCn1cc(-c2ccc(-n3nnc4cnc(N[C@@H]5CC[C@H](N)C5)nc43)cc2)cn1. The number of aromatic nitrogens is 7. The predicted octanol–water partition coefficient (Wildman–Crippen LogP) is 2.01. The first-order valence-electron chi connectivity index (χ1n) is 10.4. The lowest BCUT2D eigenvalue weighted by Gasteiger charge is -2.12. The fourth-order valence-corrected chi connectivity index (χ4v) is 3.92. The van der Waals surface area contributed by atoms with Crippen LogP contribution in [0.1, 0.15) is 19.3 Å². The first-order valence-corrected chi connectivity index (χ1v) is 10.4. The van der Waals surface area contributed by atoms with Crippen molar-refractivity contribution in [2.24, 2.45) is 5.73 Å². The van der Waals surface area contributed by atoms with Crippen LogP contribution in [0.25, 0.3) is 28.0 Å². The summed E-state index contributed by atoms with van der Waals surface area (Å²) in [6.07, 6.45) is 8.56. The topological polar surface area (TPSA) is 122 Å². The van der Waals surface area contributed by atoms with Crippen LogP contribution in [0.4, 0.5) is 5.95 Å². The summed E-state index contributed by atoms with van der Waals surface area (Å²) in [4.78, 5) is 9.04. The molecule has 4 aromatic rings. The molecule has 0 saturated heterocycles. The average Bonchev–Trinajstić information content (AvgIpc) is 3.52. The van der Waals surface area contributed by atoms with Gasteiger partial charge in [0.1, 0.15) is 0 Å². The third-order valence-electron chi connectivity index (χ3n) is 5.60. The van der Waals surface area contributed by atoms with Crippen LogP contribution in [-0.4, -0.2) is 60.5 Å². The maximum atomic E-state index is 6.01. The van der Waals surface area contributed by atoms with Crippen molar-refractivity contribution in [1.82, 2.24) is 34.7 Å². The quantitative estimate of drug-likeness (QED) is 0.467. The van der Waals surface area contributed by atoms with Gasteiger partial charge in [0.2, 0.25) is 5.95 Å². The Morgan fingerprint density at radius 2 is 2.03 bits per heavy atom. The van der Waals surface area contributed by atoms with Crippen molar-refractivity contribution in [3.05, 3.63) is 42.9 Å². The highest BCUT2D eigenvalue weighted by Crippen LogP contribution is 2.23. The molecule has 0 unspecified atom stereocenters. The van der Waals surface area contributed by atoms with Gasteiger partial charge in [0.15, 0.2) is 11.2 Å². The molecule has 160 valence electrons. The summed E-state index contributed by atoms with van der Waals surface area (Å²) in [7, 11) is 1.69. The lowest BCUT2D eigenvalue weighted by molar-refractivity contribution is 0.183. The second-order valence-electron chi connectivity index (χ2n) is 7.85. The molecule has 3 heterocycles. The Bertz CT molecular complexity index is 1170. The van der Waals surface area contributed by atoms with Crippen molar-refractivity contribution in [2.45, 2.75) is 37.9 Å². The normalized spacial score (nSPS) is 18.6. The van der Waals surface area contributed by atoms with Crippen LogP contribution in [0.2, 0.25) is 0 Å². The molecule has 3 N–H and O–H groups in total. The standard InChI is InChI=1S/C21H25N9O/c1-31-9-8-29-13-15(11-24-29)14-2-6-18(7-3-14)30-20-19(27-28-30)12-23-21(26-20)25-17-5-4-16(22)10-17/h2-3,6-7,11-13,16-17H,4-5,8-10,22H2,1H3,(H,23,25,26)/t16-,17+/m0/s1. The molecular formula is C21H25N9O. The van der Waals surface area contributed by atoms with Gasteiger partial charge in [-0.2, -0.15) is 14.8 Å². The van der Waals surface area contributed by atoms with Crippen LogP contribution in [0, 0.1) is 0 Å². The molecule has 0 amide bonds. The lowest BCUT2D eigenvalue weighted by atomic mass is 10.1. The Morgan fingerprint density at radius 1 is 1.16 bits per heavy atom. The third kappa shape index (κ3) is 4.12. The minimum absolute atomic E-state index is 0.249. The molecule has 3 aromatic heterocycles. The second kappa shape index (κ2) is 8.40. The van der Waals surface area contributed by atoms with Crippen molar-refractivity contribution in [3.63, 3.8) is 0 Å². The second-order valence-corrected chi connectivity index (χ2v) is 7.85. The minimum atomic E-state index is 0.249. The number of rotatable bonds is 7. The van der Waals surface area contributed by atoms with E-state index < -0.39 is 0 Å². The van der Waals surface area contributed by atoms with Gasteiger partial charge in [0.25, 0.3) is 0 Å². The number of nitrogens with one attached hydrogen (secondary N) is 1. The number of methoxy groups -OCH3 is 1. The molecule has 10 nitrogen and oxygen atoms in total. The largest absolute Gasteiger partial charge is 0.383 e. The Kier molecular flexibility index (Phi) is 5.31. The van der Waals surface area contributed by atoms with E-state index in [1.165, 1.54) is 0 Å². The number of nitrogens with two attached hydrogens (primary N) is 1. The first-order chi connectivity index (χ1) is 15.2. The molecule has 0 spiro atoms. The molecule has 1 aliphatic carbocycles. The molecular weight excluding hydrogens is 394 g/mol. The Morgan fingerprint density at radius 3 is 2.81 bits per heavy atom. The summed E-state index contributed by atoms with van der Waals surface area (Å²) in [6, 6.07) is 8.64. The van der Waals surface area contributed by atoms with E-state index in [1.807, 2.05) is 41.3 Å². The highest BCUT2D eigenvalue weighted by Gasteiger charge is 2.22. The van der Waals surface area contributed by atoms with Crippen molar-refractivity contribution in [3.8, 4) is 16.8 Å². The average molecular weight is 419 g/mol. The smallest absolute Gasteiger partial charge is 0.225 e. The maximum Gasteiger partial charge on any atom is 0.225 e. The summed E-state index contributed by atoms with van der Waals surface area (Å²) in [6.45, 7) is 1.36. The first kappa shape index (κ1) is 19.6. The zero-order chi connectivity index (χ0) is 21.2. The van der Waals surface area contributed by atoms with Gasteiger partial charge in [-0.1, -0.05) is 17.3 Å². The number of fused-ring (bicyclic) bond motifs is 1. The molecule has 1 fully saturated rings. The van der Waals surface area contributed by atoms with Crippen molar-refractivity contribution < 1.29 is 4.74 Å². The van der Waals surface area contributed by atoms with E-state index in [0.29, 0.717) is 29.8 Å². The minimum Gasteiger partial charge on any atom is -0.383 e. The summed E-state index contributed by atoms with van der Waals surface area (Å²) in [5.41, 5.74) is 10.3. The van der Waals surface area contributed by atoms with E-state index in [2.05, 4.69) is 30.7 Å². The maximum absolute atomic E-state index is 6.01. The van der Waals surface area contributed by atoms with E-state index in [-0.39, 0.29) is 6.04 Å². The number of nitrogens with zero attached hydrogens (tertiary/aromatic N) is 7. The van der Waals surface area contributed by atoms with Gasteiger partial charge in [-0.3, -0.25) is 4.68 Å². The van der Waals surface area contributed by atoms with E-state index in [4.69, 9.17) is 10.5 Å². The molecule has 31 heavy (non-hydrogen) atoms. The molecule has 0 radical (unpaired) electrons. The van der Waals surface area contributed by atoms with Gasteiger partial charge in [-0.25, -0.2) is 4.98 Å². The van der Waals surface area contributed by atoms with Crippen LogP contribution in [0.3, 0.4) is 0 Å². The van der Waals surface area contributed by atoms with Gasteiger partial charge in [-0.05, 0) is 37.0 Å². The highest BCUT2D eigenvalue weighted by molar-refractivity contribution is 5.72. The van der Waals surface area contributed by atoms with Gasteiger partial charge >= 0.3 is 0 Å². The van der Waals surface area contributed by atoms with Gasteiger partial charge in [0, 0.05) is 31.0 Å². The number of hydrogen-bond acceptors (Lipinski definition) is 8. The lowest BCUT2D eigenvalue weighted by Crippen LogP contribution is -2.21. The molecule has 2 atom stereocenters. The fraction of sp³-hybridized carbons (Fsp3) is 0.381. The highest BCUT2D eigenvalue weighted by atomic mass is 16.5. The Hall–Kier alpha value is -3.37. The summed E-state index contributed by atoms with van der Waals surface area (Å²) in [5.74, 6) is 0.579. The molecule has 0 bridgehead atoms. The molecule has 1 aliphatic rings. The van der Waals surface area contributed by atoms with Crippen LogP contribution in [-0.2, 0) is 11.3 Å². The van der Waals surface area contributed by atoms with Gasteiger partial charge < -0.3 is 15.8 Å². The van der Waals surface area contributed by atoms with E-state index in [1.54, 1.807) is 18.0 Å². The monoisotopic (exact) mass is 419 g/mol. The fourth-order valence-electron chi connectivity index (χ4n) is 3.92. The number of ether oxygens (including phenoxy) is 1. The molecule has 1 aromatic carbocycles. The van der Waals surface area contributed by atoms with Crippen LogP contribution >= 0.6 is 0 Å². The van der Waals surface area contributed by atoms with Crippen LogP contribution in [0.15, 0.2) is 42.9 Å². The Labute approximate surface area is 179 Å². The third-order valence-corrected chi connectivity index (χ3v) is 5.60. The number of anilines is 1. The van der Waals surface area contributed by atoms with Gasteiger partial charge in [0.05, 0.1) is 31.2 Å². The number of benzene rings is 1. The zero-order valence-corrected chi connectivity index (χ0v) is 17.3. The zero-order valence-electron chi connectivity index (χ0n) is 17.3. The van der Waals surface area contributed by atoms with Crippen molar-refractivity contribution in [1.29, 1.82) is 0 Å². The van der Waals surface area contributed by atoms with Crippen LogP contribution < -0.4 is 11.1 Å². The number of hydrogen-bond donors (Lipinski definition) is 2. The summed E-state index contributed by atoms with van der Waals surface area (Å²) >= 11 is 0. The van der Waals surface area contributed by atoms with E-state index >= 15 is 0 Å². The molecule has 0 aliphatic heterocycles. The molecule has 10 heteroatoms.